The smallest absolute Gasteiger partial charge is 0.417 e. The first kappa shape index (κ1) is 42.6. The zero-order chi connectivity index (χ0) is 38.8. The van der Waals surface area contributed by atoms with Crippen molar-refractivity contribution < 1.29 is 70.9 Å². The minimum absolute atomic E-state index is 0.00971. The summed E-state index contributed by atoms with van der Waals surface area (Å²) in [6.45, 7) is 4.13. The highest BCUT2D eigenvalue weighted by molar-refractivity contribution is 5.95. The quantitative estimate of drug-likeness (QED) is 0.101. The highest BCUT2D eigenvalue weighted by Crippen LogP contribution is 2.37. The van der Waals surface area contributed by atoms with Crippen molar-refractivity contribution in [2.24, 2.45) is 0 Å². The number of H-pyrrole nitrogens is 1. The Kier molecular flexibility index (Phi) is 17.6. The second-order valence-electron chi connectivity index (χ2n) is 11.8. The Balaban J connectivity index is 1.11. The summed E-state index contributed by atoms with van der Waals surface area (Å²) in [7, 11) is 0. The number of aromatic nitrogens is 1. The van der Waals surface area contributed by atoms with Crippen LogP contribution >= 0.6 is 0 Å². The molecule has 1 aliphatic rings. The zero-order valence-electron chi connectivity index (χ0n) is 29.6. The number of nitrogens with zero attached hydrogens (tertiary/aromatic N) is 1. The highest BCUT2D eigenvalue weighted by atomic mass is 19.4. The number of carboxylic acid groups (broad SMARTS) is 1. The van der Waals surface area contributed by atoms with Crippen molar-refractivity contribution in [3.63, 3.8) is 0 Å². The summed E-state index contributed by atoms with van der Waals surface area (Å²) in [6.07, 6.45) is -7.64. The fraction of sp³-hybridized carbons (Fsp3) is 0.528. The number of alkyl halides is 3. The molecular weight excluding hydrogens is 725 g/mol. The third-order valence-corrected chi connectivity index (χ3v) is 7.93. The number of aliphatic hydroxyl groups excluding tert-OH is 1. The number of halogens is 3. The van der Waals surface area contributed by atoms with E-state index in [2.05, 4.69) is 4.98 Å². The molecule has 15 nitrogen and oxygen atoms in total. The van der Waals surface area contributed by atoms with Gasteiger partial charge in [0, 0.05) is 28.8 Å². The molecule has 2 aromatic carbocycles. The molecule has 1 aliphatic heterocycles. The number of amides is 1. The number of aliphatic carboxylic acids is 1. The number of pyridine rings is 1. The Morgan fingerprint density at radius 2 is 1.37 bits per heavy atom. The number of carbonyl (C=O) groups excluding carboxylic acids is 1. The van der Waals surface area contributed by atoms with E-state index in [-0.39, 0.29) is 56.0 Å². The summed E-state index contributed by atoms with van der Waals surface area (Å²) in [4.78, 5) is 41.4. The van der Waals surface area contributed by atoms with E-state index >= 15 is 0 Å². The average molecular weight is 771 g/mol. The van der Waals surface area contributed by atoms with E-state index in [1.165, 1.54) is 47.4 Å². The van der Waals surface area contributed by atoms with Gasteiger partial charge < -0.3 is 53.1 Å². The van der Waals surface area contributed by atoms with Crippen molar-refractivity contribution in [2.75, 3.05) is 104 Å². The number of ether oxygens (including phenoxy) is 8. The van der Waals surface area contributed by atoms with Crippen LogP contribution in [0.4, 0.5) is 23.7 Å². The molecule has 1 fully saturated rings. The number of benzene rings is 2. The first-order valence-corrected chi connectivity index (χ1v) is 17.3. The number of fused-ring (bicyclic) bond motifs is 1. The van der Waals surface area contributed by atoms with E-state index in [1.54, 1.807) is 0 Å². The van der Waals surface area contributed by atoms with Gasteiger partial charge in [-0.3, -0.25) is 9.69 Å². The number of carboxylic acids is 1. The van der Waals surface area contributed by atoms with Crippen molar-refractivity contribution in [3.05, 3.63) is 64.4 Å². The van der Waals surface area contributed by atoms with Crippen LogP contribution in [-0.4, -0.2) is 139 Å². The zero-order valence-corrected chi connectivity index (χ0v) is 29.6. The number of rotatable bonds is 26. The molecule has 1 aromatic heterocycles. The highest BCUT2D eigenvalue weighted by Gasteiger charge is 2.36. The Hall–Kier alpha value is -4.14. The van der Waals surface area contributed by atoms with Crippen LogP contribution in [0, 0.1) is 0 Å². The largest absolute Gasteiger partial charge is 0.479 e. The van der Waals surface area contributed by atoms with Crippen LogP contribution in [0.15, 0.2) is 53.3 Å². The third kappa shape index (κ3) is 13.6. The molecule has 1 unspecified atom stereocenters. The maximum absolute atomic E-state index is 13.6. The molecule has 3 N–H and O–H groups in total. The normalized spacial score (nSPS) is 15.2. The first-order valence-electron chi connectivity index (χ1n) is 17.3. The minimum Gasteiger partial charge on any atom is -0.479 e. The van der Waals surface area contributed by atoms with Crippen LogP contribution in [0.5, 0.6) is 0 Å². The lowest BCUT2D eigenvalue weighted by Gasteiger charge is -2.17. The van der Waals surface area contributed by atoms with Crippen LogP contribution in [-0.2, 0) is 48.9 Å². The molecular formula is C36H45F3N2O13. The van der Waals surface area contributed by atoms with Gasteiger partial charge in [-0.25, -0.2) is 9.59 Å². The SMILES string of the molecule is O=C(O)[C@H](CC1CN(c2ccc3cc(-c4ccccc4C(F)(F)F)[nH]c(=O)c3c2)C(=O)O1)OCCOCCOCCOCCOCCOCCOCCO. The molecule has 1 saturated heterocycles. The summed E-state index contributed by atoms with van der Waals surface area (Å²) < 4.78 is 83.7. The van der Waals surface area contributed by atoms with Gasteiger partial charge in [0.25, 0.3) is 5.56 Å². The molecule has 4 rings (SSSR count). The van der Waals surface area contributed by atoms with Crippen LogP contribution in [0.3, 0.4) is 0 Å². The molecule has 3 aromatic rings. The van der Waals surface area contributed by atoms with E-state index in [4.69, 9.17) is 43.0 Å². The van der Waals surface area contributed by atoms with Gasteiger partial charge in [0.2, 0.25) is 0 Å². The van der Waals surface area contributed by atoms with E-state index in [0.717, 1.165) is 6.07 Å². The predicted octanol–water partition coefficient (Wildman–Crippen LogP) is 3.49. The average Bonchev–Trinajstić information content (AvgIpc) is 3.52. The summed E-state index contributed by atoms with van der Waals surface area (Å²) in [5, 5.41) is 18.8. The van der Waals surface area contributed by atoms with E-state index in [9.17, 15) is 32.7 Å². The van der Waals surface area contributed by atoms with Gasteiger partial charge in [0.05, 0.1) is 105 Å². The maximum Gasteiger partial charge on any atom is 0.417 e. The van der Waals surface area contributed by atoms with Crippen molar-refractivity contribution in [2.45, 2.75) is 24.8 Å². The maximum atomic E-state index is 13.6. The number of cyclic esters (lactones) is 1. The molecule has 0 bridgehead atoms. The minimum atomic E-state index is -4.63. The lowest BCUT2D eigenvalue weighted by molar-refractivity contribution is -0.153. The standard InChI is InChI=1S/C36H45F3N2O13/c37-36(38,39)30-4-2-1-3-28(30)31-21-25-5-6-26(22-29(25)33(43)40-31)41-24-27(54-35(41)46)23-32(34(44)45)53-20-19-52-18-17-51-16-15-50-14-13-49-12-11-48-10-9-47-8-7-42/h1-6,21-22,27,32,42H,7-20,23-24H2,(H,40,43)(H,44,45)/t27?,32-/m0/s1. The first-order chi connectivity index (χ1) is 26.1. The molecule has 298 valence electrons. The molecule has 2 atom stereocenters. The van der Waals surface area contributed by atoms with E-state index in [0.29, 0.717) is 77.1 Å². The van der Waals surface area contributed by atoms with Gasteiger partial charge in [0.1, 0.15) is 6.10 Å². The number of carbonyl (C=O) groups is 2. The van der Waals surface area contributed by atoms with Crippen molar-refractivity contribution in [1.29, 1.82) is 0 Å². The van der Waals surface area contributed by atoms with Crippen LogP contribution < -0.4 is 10.5 Å². The summed E-state index contributed by atoms with van der Waals surface area (Å²) >= 11 is 0. The fourth-order valence-corrected chi connectivity index (χ4v) is 5.38. The van der Waals surface area contributed by atoms with Gasteiger partial charge in [-0.05, 0) is 29.7 Å². The number of anilines is 1. The number of aliphatic hydroxyl groups is 1. The van der Waals surface area contributed by atoms with E-state index < -0.39 is 41.6 Å². The molecule has 1 amide bonds. The number of hydrogen-bond donors (Lipinski definition) is 3. The Morgan fingerprint density at radius 1 is 0.815 bits per heavy atom. The van der Waals surface area contributed by atoms with Crippen molar-refractivity contribution in [1.82, 2.24) is 4.98 Å². The van der Waals surface area contributed by atoms with Gasteiger partial charge in [0.15, 0.2) is 6.10 Å². The number of nitrogens with one attached hydrogen (secondary N) is 1. The molecule has 0 spiro atoms. The van der Waals surface area contributed by atoms with Crippen LogP contribution in [0.1, 0.15) is 12.0 Å². The topological polar surface area (TPSA) is 185 Å². The summed E-state index contributed by atoms with van der Waals surface area (Å²) in [5.74, 6) is -1.24. The predicted molar refractivity (Wildman–Crippen MR) is 187 cm³/mol. The number of hydrogen-bond acceptors (Lipinski definition) is 12. The number of aromatic amines is 1. The second-order valence-corrected chi connectivity index (χ2v) is 11.8. The Morgan fingerprint density at radius 3 is 1.93 bits per heavy atom. The molecule has 0 aliphatic carbocycles. The van der Waals surface area contributed by atoms with Gasteiger partial charge in [-0.1, -0.05) is 24.3 Å². The summed E-state index contributed by atoms with van der Waals surface area (Å²) in [6, 6.07) is 10.8. The molecule has 2 heterocycles. The van der Waals surface area contributed by atoms with Crippen molar-refractivity contribution in [3.8, 4) is 11.3 Å². The molecule has 0 radical (unpaired) electrons. The molecule has 0 saturated carbocycles. The van der Waals surface area contributed by atoms with Crippen molar-refractivity contribution >= 4 is 28.5 Å². The monoisotopic (exact) mass is 770 g/mol. The fourth-order valence-electron chi connectivity index (χ4n) is 5.38. The van der Waals surface area contributed by atoms with Crippen LogP contribution in [0.25, 0.3) is 22.0 Å². The van der Waals surface area contributed by atoms with Gasteiger partial charge in [-0.2, -0.15) is 13.2 Å². The second kappa shape index (κ2) is 22.3. The Labute approximate surface area is 308 Å². The van der Waals surface area contributed by atoms with Crippen LogP contribution in [0.2, 0.25) is 0 Å². The van der Waals surface area contributed by atoms with E-state index in [1.807, 2.05) is 0 Å². The Bertz CT molecular complexity index is 1670. The third-order valence-electron chi connectivity index (χ3n) is 7.93. The summed E-state index contributed by atoms with van der Waals surface area (Å²) in [5.41, 5.74) is -1.43. The lowest BCUT2D eigenvalue weighted by atomic mass is 10.0. The molecule has 54 heavy (non-hydrogen) atoms. The van der Waals surface area contributed by atoms with Gasteiger partial charge in [-0.15, -0.1) is 0 Å². The molecule has 18 heteroatoms. The lowest BCUT2D eigenvalue weighted by Crippen LogP contribution is -2.32. The van der Waals surface area contributed by atoms with Gasteiger partial charge >= 0.3 is 18.2 Å².